The van der Waals surface area contributed by atoms with Crippen molar-refractivity contribution in [3.05, 3.63) is 62.3 Å². The van der Waals surface area contributed by atoms with Crippen molar-refractivity contribution in [1.29, 1.82) is 0 Å². The molecule has 1 aromatic carbocycles. The summed E-state index contributed by atoms with van der Waals surface area (Å²) in [7, 11) is 0. The second kappa shape index (κ2) is 6.21. The van der Waals surface area contributed by atoms with E-state index in [9.17, 15) is 14.9 Å². The molecule has 2 aromatic rings. The molecule has 1 fully saturated rings. The van der Waals surface area contributed by atoms with Crippen molar-refractivity contribution in [2.45, 2.75) is 13.8 Å². The minimum atomic E-state index is -0.416. The molecule has 0 spiro atoms. The van der Waals surface area contributed by atoms with E-state index >= 15 is 0 Å². The summed E-state index contributed by atoms with van der Waals surface area (Å²) in [6.07, 6.45) is 1.79. The van der Waals surface area contributed by atoms with Gasteiger partial charge in [-0.15, -0.1) is 0 Å². The lowest BCUT2D eigenvalue weighted by molar-refractivity contribution is -0.384. The van der Waals surface area contributed by atoms with Crippen LogP contribution < -0.4 is 5.32 Å². The van der Waals surface area contributed by atoms with E-state index in [1.807, 2.05) is 30.5 Å². The van der Waals surface area contributed by atoms with Crippen molar-refractivity contribution in [1.82, 2.24) is 9.88 Å². The zero-order valence-electron chi connectivity index (χ0n) is 12.9. The molecule has 2 heterocycles. The smallest absolute Gasteiger partial charge is 0.271 e. The van der Waals surface area contributed by atoms with Gasteiger partial charge < -0.3 is 9.88 Å². The highest BCUT2D eigenvalue weighted by Gasteiger charge is 2.23. The minimum absolute atomic E-state index is 0.0379. The van der Waals surface area contributed by atoms with E-state index in [0.717, 1.165) is 17.0 Å². The monoisotopic (exact) mass is 359 g/mol. The molecule has 0 bridgehead atoms. The summed E-state index contributed by atoms with van der Waals surface area (Å²) in [5, 5.41) is 13.6. The molecule has 0 atom stereocenters. The highest BCUT2D eigenvalue weighted by molar-refractivity contribution is 8.26. The Hall–Kier alpha value is -2.45. The quantitative estimate of drug-likeness (QED) is 0.393. The fraction of sp³-hybridized carbons (Fsp3) is 0.125. The van der Waals surface area contributed by atoms with Crippen molar-refractivity contribution in [3.63, 3.8) is 0 Å². The van der Waals surface area contributed by atoms with Crippen molar-refractivity contribution in [3.8, 4) is 5.69 Å². The van der Waals surface area contributed by atoms with Crippen LogP contribution in [0.5, 0.6) is 0 Å². The fourth-order valence-electron chi connectivity index (χ4n) is 2.64. The Balaban J connectivity index is 2.06. The maximum absolute atomic E-state index is 11.8. The van der Waals surface area contributed by atoms with Gasteiger partial charge >= 0.3 is 0 Å². The van der Waals surface area contributed by atoms with Crippen LogP contribution in [0.4, 0.5) is 5.69 Å². The van der Waals surface area contributed by atoms with Crippen molar-refractivity contribution >= 4 is 46.0 Å². The van der Waals surface area contributed by atoms with E-state index in [1.165, 1.54) is 23.9 Å². The average molecular weight is 359 g/mol. The molecule has 1 aromatic heterocycles. The summed E-state index contributed by atoms with van der Waals surface area (Å²) in [6.45, 7) is 3.83. The fourth-order valence-corrected chi connectivity index (χ4v) is 3.67. The third-order valence-electron chi connectivity index (χ3n) is 3.70. The number of nitro benzene ring substituents is 1. The van der Waals surface area contributed by atoms with Gasteiger partial charge in [0, 0.05) is 23.5 Å². The van der Waals surface area contributed by atoms with Gasteiger partial charge in [-0.2, -0.15) is 0 Å². The number of rotatable bonds is 3. The number of nitrogens with one attached hydrogen (secondary N) is 1. The molecule has 1 amide bonds. The van der Waals surface area contributed by atoms with Crippen LogP contribution in [0.15, 0.2) is 35.2 Å². The first-order valence-electron chi connectivity index (χ1n) is 7.05. The molecule has 0 saturated carbocycles. The second-order valence-electron chi connectivity index (χ2n) is 5.29. The SMILES string of the molecule is Cc1cc(/C=C2/SC(=S)NC2=O)c(C)n1-c1cccc([N+](=O)[O-])c1. The van der Waals surface area contributed by atoms with Gasteiger partial charge in [0.15, 0.2) is 0 Å². The normalized spacial score (nSPS) is 15.8. The lowest BCUT2D eigenvalue weighted by atomic mass is 10.2. The van der Waals surface area contributed by atoms with Gasteiger partial charge in [-0.05, 0) is 37.6 Å². The van der Waals surface area contributed by atoms with Gasteiger partial charge in [0.1, 0.15) is 4.32 Å². The van der Waals surface area contributed by atoms with Crippen LogP contribution in [0, 0.1) is 24.0 Å². The third-order valence-corrected chi connectivity index (χ3v) is 4.86. The van der Waals surface area contributed by atoms with Crippen LogP contribution in [-0.4, -0.2) is 19.7 Å². The predicted molar refractivity (Wildman–Crippen MR) is 98.2 cm³/mol. The topological polar surface area (TPSA) is 77.2 Å². The molecule has 8 heteroatoms. The number of non-ortho nitro benzene ring substituents is 1. The maximum atomic E-state index is 11.8. The number of carbonyl (C=O) groups excluding carboxylic acids is 1. The summed E-state index contributed by atoms with van der Waals surface area (Å²) in [4.78, 5) is 22.9. The van der Waals surface area contributed by atoms with E-state index < -0.39 is 4.92 Å². The Labute approximate surface area is 147 Å². The van der Waals surface area contributed by atoms with E-state index in [0.29, 0.717) is 14.9 Å². The van der Waals surface area contributed by atoms with Gasteiger partial charge in [-0.25, -0.2) is 0 Å². The molecule has 0 radical (unpaired) electrons. The summed E-state index contributed by atoms with van der Waals surface area (Å²) in [5.41, 5.74) is 3.44. The number of hydrogen-bond donors (Lipinski definition) is 1. The first-order valence-corrected chi connectivity index (χ1v) is 8.28. The number of amides is 1. The van der Waals surface area contributed by atoms with Crippen molar-refractivity contribution in [2.24, 2.45) is 0 Å². The minimum Gasteiger partial charge on any atom is -0.318 e. The van der Waals surface area contributed by atoms with Gasteiger partial charge in [-0.1, -0.05) is 30.0 Å². The number of aromatic nitrogens is 1. The van der Waals surface area contributed by atoms with E-state index in [-0.39, 0.29) is 11.6 Å². The third kappa shape index (κ3) is 2.98. The standard InChI is InChI=1S/C16H13N3O3S2/c1-9-6-11(7-14-15(20)17-16(23)24-14)10(2)18(9)12-4-3-5-13(8-12)19(21)22/h3-8H,1-2H3,(H,17,20,23)/b14-7+. The molecule has 122 valence electrons. The number of thioether (sulfide) groups is 1. The molecular weight excluding hydrogens is 346 g/mol. The summed E-state index contributed by atoms with van der Waals surface area (Å²) in [5.74, 6) is -0.204. The number of aryl methyl sites for hydroxylation is 1. The summed E-state index contributed by atoms with van der Waals surface area (Å²) in [6, 6.07) is 8.40. The van der Waals surface area contributed by atoms with Crippen LogP contribution in [0.25, 0.3) is 11.8 Å². The Morgan fingerprint density at radius 2 is 2.08 bits per heavy atom. The molecule has 24 heavy (non-hydrogen) atoms. The number of benzene rings is 1. The first-order chi connectivity index (χ1) is 11.4. The lowest BCUT2D eigenvalue weighted by Gasteiger charge is -2.09. The molecule has 0 unspecified atom stereocenters. The Bertz CT molecular complexity index is 915. The van der Waals surface area contributed by atoms with Gasteiger partial charge in [0.25, 0.3) is 11.6 Å². The largest absolute Gasteiger partial charge is 0.318 e. The Morgan fingerprint density at radius 1 is 1.33 bits per heavy atom. The Kier molecular flexibility index (Phi) is 4.25. The van der Waals surface area contributed by atoms with Crippen molar-refractivity contribution in [2.75, 3.05) is 0 Å². The summed E-state index contributed by atoms with van der Waals surface area (Å²) < 4.78 is 2.37. The number of hydrogen-bond acceptors (Lipinski definition) is 5. The van der Waals surface area contributed by atoms with Crippen molar-refractivity contribution < 1.29 is 9.72 Å². The summed E-state index contributed by atoms with van der Waals surface area (Å²) >= 11 is 6.22. The van der Waals surface area contributed by atoms with Crippen LogP contribution in [0.2, 0.25) is 0 Å². The Morgan fingerprint density at radius 3 is 2.71 bits per heavy atom. The van der Waals surface area contributed by atoms with E-state index in [1.54, 1.807) is 12.1 Å². The maximum Gasteiger partial charge on any atom is 0.271 e. The molecule has 3 rings (SSSR count). The molecule has 6 nitrogen and oxygen atoms in total. The zero-order chi connectivity index (χ0) is 17.4. The molecule has 1 aliphatic heterocycles. The highest BCUT2D eigenvalue weighted by atomic mass is 32.2. The molecule has 1 saturated heterocycles. The average Bonchev–Trinajstić information content (AvgIpc) is 2.98. The van der Waals surface area contributed by atoms with Gasteiger partial charge in [0.2, 0.25) is 0 Å². The second-order valence-corrected chi connectivity index (χ2v) is 7.01. The number of nitrogens with zero attached hydrogens (tertiary/aromatic N) is 2. The first kappa shape index (κ1) is 16.4. The van der Waals surface area contributed by atoms with Crippen LogP contribution in [0.3, 0.4) is 0 Å². The number of nitro groups is 1. The zero-order valence-corrected chi connectivity index (χ0v) is 14.5. The van der Waals surface area contributed by atoms with E-state index in [4.69, 9.17) is 12.2 Å². The molecule has 0 aliphatic carbocycles. The van der Waals surface area contributed by atoms with Crippen LogP contribution in [-0.2, 0) is 4.79 Å². The van der Waals surface area contributed by atoms with Crippen LogP contribution >= 0.6 is 24.0 Å². The molecule has 1 N–H and O–H groups in total. The number of carbonyl (C=O) groups is 1. The van der Waals surface area contributed by atoms with Gasteiger partial charge in [0.05, 0.1) is 15.5 Å². The number of thiocarbonyl (C=S) groups is 1. The highest BCUT2D eigenvalue weighted by Crippen LogP contribution is 2.29. The lowest BCUT2D eigenvalue weighted by Crippen LogP contribution is -2.17. The molecule has 1 aliphatic rings. The predicted octanol–water partition coefficient (Wildman–Crippen LogP) is 3.49. The van der Waals surface area contributed by atoms with Gasteiger partial charge in [-0.3, -0.25) is 14.9 Å². The van der Waals surface area contributed by atoms with E-state index in [2.05, 4.69) is 5.32 Å². The molecular formula is C16H13N3O3S2. The van der Waals surface area contributed by atoms with Crippen LogP contribution in [0.1, 0.15) is 17.0 Å².